The Morgan fingerprint density at radius 2 is 2.00 bits per heavy atom. The smallest absolute Gasteiger partial charge is 0.228 e. The van der Waals surface area contributed by atoms with E-state index in [0.29, 0.717) is 18.0 Å². The number of nitrogens with zero attached hydrogens (tertiary/aromatic N) is 2. The number of amides is 1. The molecule has 0 aliphatic carbocycles. The van der Waals surface area contributed by atoms with E-state index < -0.39 is 0 Å². The number of rotatable bonds is 7. The Kier molecular flexibility index (Phi) is 5.51. The van der Waals surface area contributed by atoms with E-state index in [-0.39, 0.29) is 5.91 Å². The number of likely N-dealkylation sites (tertiary alicyclic amines) is 1. The minimum Gasteiger partial charge on any atom is -0.494 e. The molecule has 1 saturated heterocycles. The molecule has 0 spiro atoms. The largest absolute Gasteiger partial charge is 0.494 e. The second-order valence-electron chi connectivity index (χ2n) is 6.14. The van der Waals surface area contributed by atoms with E-state index in [4.69, 9.17) is 9.15 Å². The number of unbranched alkanes of at least 4 members (excludes halogenated alkanes) is 1. The highest BCUT2D eigenvalue weighted by atomic mass is 16.5. The average Bonchev–Trinajstić information content (AvgIpc) is 3.27. The molecule has 24 heavy (non-hydrogen) atoms. The lowest BCUT2D eigenvalue weighted by molar-refractivity contribution is -0.129. The first kappa shape index (κ1) is 16.6. The van der Waals surface area contributed by atoms with E-state index in [9.17, 15) is 4.79 Å². The second-order valence-corrected chi connectivity index (χ2v) is 6.14. The molecule has 128 valence electrons. The molecule has 0 atom stereocenters. The maximum Gasteiger partial charge on any atom is 0.228 e. The molecule has 3 rings (SSSR count). The summed E-state index contributed by atoms with van der Waals surface area (Å²) in [4.78, 5) is 18.5. The first-order valence-electron chi connectivity index (χ1n) is 8.71. The summed E-state index contributed by atoms with van der Waals surface area (Å²) in [5.74, 6) is 1.52. The highest BCUT2D eigenvalue weighted by molar-refractivity contribution is 5.78. The van der Waals surface area contributed by atoms with Crippen LogP contribution in [0.2, 0.25) is 0 Å². The predicted molar refractivity (Wildman–Crippen MR) is 91.9 cm³/mol. The number of benzene rings is 1. The Labute approximate surface area is 142 Å². The van der Waals surface area contributed by atoms with Crippen LogP contribution in [0.25, 0.3) is 11.5 Å². The van der Waals surface area contributed by atoms with Gasteiger partial charge >= 0.3 is 0 Å². The van der Waals surface area contributed by atoms with Gasteiger partial charge in [-0.05, 0) is 43.5 Å². The van der Waals surface area contributed by atoms with Gasteiger partial charge < -0.3 is 14.1 Å². The molecule has 1 fully saturated rings. The van der Waals surface area contributed by atoms with Crippen LogP contribution in [0.1, 0.15) is 38.3 Å². The van der Waals surface area contributed by atoms with E-state index >= 15 is 0 Å². The molecule has 5 heteroatoms. The van der Waals surface area contributed by atoms with Gasteiger partial charge in [-0.1, -0.05) is 13.3 Å². The van der Waals surface area contributed by atoms with E-state index in [2.05, 4.69) is 11.9 Å². The maximum atomic E-state index is 12.2. The van der Waals surface area contributed by atoms with Crippen LogP contribution in [-0.4, -0.2) is 35.5 Å². The average molecular weight is 328 g/mol. The molecule has 0 radical (unpaired) electrons. The summed E-state index contributed by atoms with van der Waals surface area (Å²) in [6, 6.07) is 7.70. The maximum absolute atomic E-state index is 12.2. The van der Waals surface area contributed by atoms with Crippen molar-refractivity contribution < 1.29 is 13.9 Å². The summed E-state index contributed by atoms with van der Waals surface area (Å²) in [7, 11) is 0. The number of hydrogen-bond donors (Lipinski definition) is 0. The van der Waals surface area contributed by atoms with Gasteiger partial charge in [0.15, 0.2) is 0 Å². The van der Waals surface area contributed by atoms with E-state index in [1.807, 2.05) is 29.2 Å². The first-order valence-corrected chi connectivity index (χ1v) is 8.71. The fraction of sp³-hybridized carbons (Fsp3) is 0.474. The SMILES string of the molecule is CCCCOc1ccc(-c2nc(CC(=O)N3CCCC3)co2)cc1. The van der Waals surface area contributed by atoms with Crippen molar-refractivity contribution in [3.05, 3.63) is 36.2 Å². The second kappa shape index (κ2) is 7.99. The standard InChI is InChI=1S/C19H24N2O3/c1-2-3-12-23-17-8-6-15(7-9-17)19-20-16(14-24-19)13-18(22)21-10-4-5-11-21/h6-9,14H,2-5,10-13H2,1H3. The third-order valence-electron chi connectivity index (χ3n) is 4.21. The van der Waals surface area contributed by atoms with Crippen LogP contribution in [0.3, 0.4) is 0 Å². The lowest BCUT2D eigenvalue weighted by atomic mass is 10.2. The van der Waals surface area contributed by atoms with Crippen molar-refractivity contribution >= 4 is 5.91 Å². The molecule has 2 heterocycles. The molecule has 0 saturated carbocycles. The molecular formula is C19H24N2O3. The van der Waals surface area contributed by atoms with Crippen molar-refractivity contribution in [3.8, 4) is 17.2 Å². The summed E-state index contributed by atoms with van der Waals surface area (Å²) in [6.07, 6.45) is 6.25. The number of ether oxygens (including phenoxy) is 1. The van der Waals surface area contributed by atoms with E-state index in [1.165, 1.54) is 0 Å². The Bertz CT molecular complexity index is 658. The summed E-state index contributed by atoms with van der Waals surface area (Å²) in [5, 5.41) is 0. The Balaban J connectivity index is 1.59. The van der Waals surface area contributed by atoms with Gasteiger partial charge in [-0.25, -0.2) is 4.98 Å². The Morgan fingerprint density at radius 1 is 1.25 bits per heavy atom. The van der Waals surface area contributed by atoms with Crippen LogP contribution >= 0.6 is 0 Å². The molecule has 1 aliphatic heterocycles. The number of carbonyl (C=O) groups is 1. The van der Waals surface area contributed by atoms with Gasteiger partial charge in [0.05, 0.1) is 18.7 Å². The molecule has 5 nitrogen and oxygen atoms in total. The van der Waals surface area contributed by atoms with E-state index in [0.717, 1.165) is 56.7 Å². The molecule has 0 N–H and O–H groups in total. The van der Waals surface area contributed by atoms with Gasteiger partial charge in [-0.15, -0.1) is 0 Å². The zero-order chi connectivity index (χ0) is 16.8. The summed E-state index contributed by atoms with van der Waals surface area (Å²) < 4.78 is 11.2. The van der Waals surface area contributed by atoms with Gasteiger partial charge in [0.25, 0.3) is 0 Å². The molecule has 1 aromatic heterocycles. The van der Waals surface area contributed by atoms with Gasteiger partial charge in [0, 0.05) is 18.7 Å². The number of carbonyl (C=O) groups excluding carboxylic acids is 1. The molecule has 0 unspecified atom stereocenters. The lowest BCUT2D eigenvalue weighted by Gasteiger charge is -2.13. The van der Waals surface area contributed by atoms with Crippen LogP contribution in [-0.2, 0) is 11.2 Å². The topological polar surface area (TPSA) is 55.6 Å². The van der Waals surface area contributed by atoms with Crippen LogP contribution in [0.15, 0.2) is 34.9 Å². The van der Waals surface area contributed by atoms with E-state index in [1.54, 1.807) is 6.26 Å². The van der Waals surface area contributed by atoms with Crippen molar-refractivity contribution in [1.82, 2.24) is 9.88 Å². The molecule has 1 amide bonds. The van der Waals surface area contributed by atoms with Gasteiger partial charge in [0.1, 0.15) is 12.0 Å². The van der Waals surface area contributed by atoms with Crippen molar-refractivity contribution in [2.24, 2.45) is 0 Å². The van der Waals surface area contributed by atoms with Crippen LogP contribution < -0.4 is 4.74 Å². The summed E-state index contributed by atoms with van der Waals surface area (Å²) in [5.41, 5.74) is 1.57. The van der Waals surface area contributed by atoms with Gasteiger partial charge in [-0.3, -0.25) is 4.79 Å². The monoisotopic (exact) mass is 328 g/mol. The highest BCUT2D eigenvalue weighted by Crippen LogP contribution is 2.22. The minimum atomic E-state index is 0.132. The normalized spacial score (nSPS) is 14.1. The Morgan fingerprint density at radius 3 is 2.71 bits per heavy atom. The summed E-state index contributed by atoms with van der Waals surface area (Å²) in [6.45, 7) is 4.60. The van der Waals surface area contributed by atoms with Crippen LogP contribution in [0, 0.1) is 0 Å². The van der Waals surface area contributed by atoms with Crippen molar-refractivity contribution in [1.29, 1.82) is 0 Å². The van der Waals surface area contributed by atoms with Crippen molar-refractivity contribution in [2.45, 2.75) is 39.0 Å². The Hall–Kier alpha value is -2.30. The fourth-order valence-corrected chi connectivity index (χ4v) is 2.78. The zero-order valence-electron chi connectivity index (χ0n) is 14.2. The van der Waals surface area contributed by atoms with Crippen molar-refractivity contribution in [2.75, 3.05) is 19.7 Å². The highest BCUT2D eigenvalue weighted by Gasteiger charge is 2.19. The quantitative estimate of drug-likeness (QED) is 0.728. The van der Waals surface area contributed by atoms with Crippen molar-refractivity contribution in [3.63, 3.8) is 0 Å². The molecule has 1 aromatic carbocycles. The fourth-order valence-electron chi connectivity index (χ4n) is 2.78. The molecule has 0 bridgehead atoms. The van der Waals surface area contributed by atoms with Gasteiger partial charge in [-0.2, -0.15) is 0 Å². The molecule has 2 aromatic rings. The zero-order valence-corrected chi connectivity index (χ0v) is 14.2. The number of hydrogen-bond acceptors (Lipinski definition) is 4. The first-order chi connectivity index (χ1) is 11.8. The predicted octanol–water partition coefficient (Wildman–Crippen LogP) is 3.69. The van der Waals surface area contributed by atoms with Crippen LogP contribution in [0.5, 0.6) is 5.75 Å². The van der Waals surface area contributed by atoms with Crippen LogP contribution in [0.4, 0.5) is 0 Å². The number of oxazole rings is 1. The molecular weight excluding hydrogens is 304 g/mol. The third kappa shape index (κ3) is 4.16. The number of aromatic nitrogens is 1. The summed E-state index contributed by atoms with van der Waals surface area (Å²) >= 11 is 0. The lowest BCUT2D eigenvalue weighted by Crippen LogP contribution is -2.29. The third-order valence-corrected chi connectivity index (χ3v) is 4.21. The molecule has 1 aliphatic rings. The minimum absolute atomic E-state index is 0.132. The van der Waals surface area contributed by atoms with Gasteiger partial charge in [0.2, 0.25) is 11.8 Å².